The topological polar surface area (TPSA) is 84.2 Å². The van der Waals surface area contributed by atoms with Gasteiger partial charge in [0.25, 0.3) is 0 Å². The molecule has 0 aliphatic rings. The van der Waals surface area contributed by atoms with Gasteiger partial charge in [-0.15, -0.1) is 0 Å². The average molecular weight is 281 g/mol. The Morgan fingerprint density at radius 1 is 1.45 bits per heavy atom. The molecule has 0 saturated heterocycles. The summed E-state index contributed by atoms with van der Waals surface area (Å²) in [5.74, 6) is 1.10. The number of nitro groups is 1. The number of hydrogen-bond acceptors (Lipinski definition) is 6. The standard InChI is InChI=1S/C13H23N5O2/c1-5-7-14-12-11(18(19)20)13(16-9-15-12)17(4)8-10(3)6-2/h9-10H,5-8H2,1-4H3,(H,14,15,16). The van der Waals surface area contributed by atoms with E-state index >= 15 is 0 Å². The van der Waals surface area contributed by atoms with Gasteiger partial charge < -0.3 is 10.2 Å². The van der Waals surface area contributed by atoms with Crippen molar-refractivity contribution in [2.75, 3.05) is 30.4 Å². The Kier molecular flexibility index (Phi) is 6.14. The number of aromatic nitrogens is 2. The van der Waals surface area contributed by atoms with Gasteiger partial charge in [0.15, 0.2) is 0 Å². The van der Waals surface area contributed by atoms with Crippen LogP contribution in [0.5, 0.6) is 0 Å². The predicted octanol–water partition coefficient (Wildman–Crippen LogP) is 2.69. The molecule has 1 aromatic heterocycles. The minimum Gasteiger partial charge on any atom is -0.364 e. The molecular formula is C13H23N5O2. The summed E-state index contributed by atoms with van der Waals surface area (Å²) in [6.45, 7) is 7.57. The lowest BCUT2D eigenvalue weighted by Crippen LogP contribution is -2.26. The van der Waals surface area contributed by atoms with Crippen LogP contribution in [0.25, 0.3) is 0 Å². The second-order valence-electron chi connectivity index (χ2n) is 4.97. The van der Waals surface area contributed by atoms with Crippen LogP contribution in [0.3, 0.4) is 0 Å². The van der Waals surface area contributed by atoms with Gasteiger partial charge in [0.2, 0.25) is 11.6 Å². The Bertz CT molecular complexity index is 452. The summed E-state index contributed by atoms with van der Waals surface area (Å²) >= 11 is 0. The fraction of sp³-hybridized carbons (Fsp3) is 0.692. The van der Waals surface area contributed by atoms with Gasteiger partial charge in [-0.1, -0.05) is 27.2 Å². The van der Waals surface area contributed by atoms with Crippen LogP contribution in [0.4, 0.5) is 17.3 Å². The Morgan fingerprint density at radius 3 is 2.70 bits per heavy atom. The van der Waals surface area contributed by atoms with Crippen LogP contribution in [0.1, 0.15) is 33.6 Å². The van der Waals surface area contributed by atoms with Gasteiger partial charge in [0.1, 0.15) is 6.33 Å². The van der Waals surface area contributed by atoms with E-state index in [0.29, 0.717) is 18.3 Å². The summed E-state index contributed by atoms with van der Waals surface area (Å²) in [5.41, 5.74) is -0.0493. The number of nitrogens with zero attached hydrogens (tertiary/aromatic N) is 4. The lowest BCUT2D eigenvalue weighted by molar-refractivity contribution is -0.383. The number of anilines is 2. The largest absolute Gasteiger partial charge is 0.364 e. The molecule has 0 aliphatic carbocycles. The van der Waals surface area contributed by atoms with E-state index in [4.69, 9.17) is 0 Å². The molecule has 20 heavy (non-hydrogen) atoms. The number of nitrogens with one attached hydrogen (secondary N) is 1. The monoisotopic (exact) mass is 281 g/mol. The fourth-order valence-corrected chi connectivity index (χ4v) is 1.87. The fourth-order valence-electron chi connectivity index (χ4n) is 1.87. The highest BCUT2D eigenvalue weighted by Gasteiger charge is 2.25. The molecular weight excluding hydrogens is 258 g/mol. The Morgan fingerprint density at radius 2 is 2.15 bits per heavy atom. The van der Waals surface area contributed by atoms with Crippen molar-refractivity contribution in [3.63, 3.8) is 0 Å². The third kappa shape index (κ3) is 4.04. The Balaban J connectivity index is 3.08. The number of hydrogen-bond donors (Lipinski definition) is 1. The van der Waals surface area contributed by atoms with Gasteiger partial charge in [-0.2, -0.15) is 0 Å². The van der Waals surface area contributed by atoms with Crippen LogP contribution in [-0.4, -0.2) is 35.0 Å². The normalized spacial score (nSPS) is 12.0. The van der Waals surface area contributed by atoms with E-state index in [2.05, 4.69) is 29.1 Å². The molecule has 1 heterocycles. The van der Waals surface area contributed by atoms with Gasteiger partial charge in [-0.05, 0) is 12.3 Å². The van der Waals surface area contributed by atoms with Crippen molar-refractivity contribution in [1.82, 2.24) is 9.97 Å². The zero-order valence-corrected chi connectivity index (χ0v) is 12.6. The maximum atomic E-state index is 11.3. The van der Waals surface area contributed by atoms with E-state index in [0.717, 1.165) is 19.4 Å². The molecule has 0 fully saturated rings. The Labute approximate surface area is 119 Å². The summed E-state index contributed by atoms with van der Waals surface area (Å²) < 4.78 is 0. The van der Waals surface area contributed by atoms with Crippen LogP contribution in [0, 0.1) is 16.0 Å². The highest BCUT2D eigenvalue weighted by Crippen LogP contribution is 2.31. The van der Waals surface area contributed by atoms with Crippen LogP contribution in [0.2, 0.25) is 0 Å². The molecule has 1 unspecified atom stereocenters. The quantitative estimate of drug-likeness (QED) is 0.582. The molecule has 112 valence electrons. The summed E-state index contributed by atoms with van der Waals surface area (Å²) in [6, 6.07) is 0. The zero-order valence-electron chi connectivity index (χ0n) is 12.6. The van der Waals surface area contributed by atoms with E-state index in [9.17, 15) is 10.1 Å². The lowest BCUT2D eigenvalue weighted by atomic mass is 10.1. The summed E-state index contributed by atoms with van der Waals surface area (Å²) in [5, 5.41) is 14.3. The zero-order chi connectivity index (χ0) is 15.1. The third-order valence-electron chi connectivity index (χ3n) is 3.17. The molecule has 1 atom stereocenters. The molecule has 0 radical (unpaired) electrons. The van der Waals surface area contributed by atoms with Crippen LogP contribution in [-0.2, 0) is 0 Å². The smallest absolute Gasteiger partial charge is 0.353 e. The third-order valence-corrected chi connectivity index (χ3v) is 3.17. The molecule has 0 aliphatic heterocycles. The predicted molar refractivity (Wildman–Crippen MR) is 80.2 cm³/mol. The molecule has 1 rings (SSSR count). The molecule has 0 spiro atoms. The summed E-state index contributed by atoms with van der Waals surface area (Å²) in [7, 11) is 1.82. The maximum absolute atomic E-state index is 11.3. The van der Waals surface area contributed by atoms with Crippen molar-refractivity contribution in [3.8, 4) is 0 Å². The van der Waals surface area contributed by atoms with E-state index in [1.165, 1.54) is 6.33 Å². The molecule has 7 nitrogen and oxygen atoms in total. The molecule has 1 N–H and O–H groups in total. The van der Waals surface area contributed by atoms with Crippen molar-refractivity contribution in [3.05, 3.63) is 16.4 Å². The van der Waals surface area contributed by atoms with Gasteiger partial charge in [-0.25, -0.2) is 9.97 Å². The van der Waals surface area contributed by atoms with E-state index in [-0.39, 0.29) is 11.5 Å². The highest BCUT2D eigenvalue weighted by atomic mass is 16.6. The van der Waals surface area contributed by atoms with E-state index < -0.39 is 4.92 Å². The second-order valence-corrected chi connectivity index (χ2v) is 4.97. The molecule has 7 heteroatoms. The van der Waals surface area contributed by atoms with Crippen LogP contribution >= 0.6 is 0 Å². The highest BCUT2D eigenvalue weighted by molar-refractivity contribution is 5.70. The van der Waals surface area contributed by atoms with Crippen molar-refractivity contribution in [2.45, 2.75) is 33.6 Å². The minimum absolute atomic E-state index is 0.0493. The van der Waals surface area contributed by atoms with Crippen LogP contribution < -0.4 is 10.2 Å². The maximum Gasteiger partial charge on any atom is 0.353 e. The molecule has 0 bridgehead atoms. The van der Waals surface area contributed by atoms with Gasteiger partial charge >= 0.3 is 5.69 Å². The first-order valence-corrected chi connectivity index (χ1v) is 6.95. The summed E-state index contributed by atoms with van der Waals surface area (Å²) in [4.78, 5) is 20.8. The van der Waals surface area contributed by atoms with E-state index in [1.807, 2.05) is 18.9 Å². The SMILES string of the molecule is CCCNc1ncnc(N(C)CC(C)CC)c1[N+](=O)[O-]. The lowest BCUT2D eigenvalue weighted by Gasteiger charge is -2.21. The van der Waals surface area contributed by atoms with Gasteiger partial charge in [0.05, 0.1) is 4.92 Å². The second kappa shape index (κ2) is 7.62. The first-order chi connectivity index (χ1) is 9.51. The van der Waals surface area contributed by atoms with Crippen molar-refractivity contribution in [2.24, 2.45) is 5.92 Å². The molecule has 0 aromatic carbocycles. The van der Waals surface area contributed by atoms with Crippen LogP contribution in [0.15, 0.2) is 6.33 Å². The van der Waals surface area contributed by atoms with Crippen molar-refractivity contribution >= 4 is 17.3 Å². The first-order valence-electron chi connectivity index (χ1n) is 6.95. The Hall–Kier alpha value is -1.92. The molecule has 0 amide bonds. The van der Waals surface area contributed by atoms with E-state index in [1.54, 1.807) is 0 Å². The number of rotatable bonds is 8. The molecule has 1 aromatic rings. The minimum atomic E-state index is -0.416. The molecule has 0 saturated carbocycles. The first kappa shape index (κ1) is 16.1. The summed E-state index contributed by atoms with van der Waals surface area (Å²) in [6.07, 6.45) is 3.26. The van der Waals surface area contributed by atoms with Gasteiger partial charge in [0, 0.05) is 20.1 Å². The van der Waals surface area contributed by atoms with Gasteiger partial charge in [-0.3, -0.25) is 10.1 Å². The van der Waals surface area contributed by atoms with Crippen molar-refractivity contribution in [1.29, 1.82) is 0 Å². The van der Waals surface area contributed by atoms with Crippen molar-refractivity contribution < 1.29 is 4.92 Å². The average Bonchev–Trinajstić information content (AvgIpc) is 2.44.